The fourth-order valence-corrected chi connectivity index (χ4v) is 2.50. The smallest absolute Gasteiger partial charge is 0.184 e. The van der Waals surface area contributed by atoms with Gasteiger partial charge in [0.25, 0.3) is 0 Å². The van der Waals surface area contributed by atoms with Crippen LogP contribution in [0.2, 0.25) is 0 Å². The topological polar surface area (TPSA) is 18.5 Å². The van der Waals surface area contributed by atoms with Crippen molar-refractivity contribution in [3.05, 3.63) is 35.4 Å². The van der Waals surface area contributed by atoms with Crippen LogP contribution in [0.4, 0.5) is 0 Å². The molecule has 0 saturated carbocycles. The van der Waals surface area contributed by atoms with Crippen molar-refractivity contribution < 1.29 is 9.47 Å². The third-order valence-corrected chi connectivity index (χ3v) is 3.44. The van der Waals surface area contributed by atoms with Crippen molar-refractivity contribution in [1.29, 1.82) is 0 Å². The second-order valence-electron chi connectivity index (χ2n) is 6.18. The first kappa shape index (κ1) is 13.6. The Morgan fingerprint density at radius 2 is 1.78 bits per heavy atom. The SMILES string of the molecule is CC(C)c1ccc([C@@H]2O[C@@H](C)CC(C)(C)O2)cc1. The number of hydrogen-bond donors (Lipinski definition) is 0. The second-order valence-corrected chi connectivity index (χ2v) is 6.18. The molecule has 0 aliphatic carbocycles. The van der Waals surface area contributed by atoms with Gasteiger partial charge in [-0.2, -0.15) is 0 Å². The van der Waals surface area contributed by atoms with E-state index in [0.717, 1.165) is 12.0 Å². The highest BCUT2D eigenvalue weighted by atomic mass is 16.7. The van der Waals surface area contributed by atoms with Crippen LogP contribution in [0.15, 0.2) is 24.3 Å². The van der Waals surface area contributed by atoms with Crippen LogP contribution >= 0.6 is 0 Å². The van der Waals surface area contributed by atoms with Gasteiger partial charge in [0.2, 0.25) is 0 Å². The fourth-order valence-electron chi connectivity index (χ4n) is 2.50. The van der Waals surface area contributed by atoms with Crippen molar-refractivity contribution in [2.45, 2.75) is 65.0 Å². The summed E-state index contributed by atoms with van der Waals surface area (Å²) in [5.41, 5.74) is 2.35. The van der Waals surface area contributed by atoms with E-state index in [1.807, 2.05) is 0 Å². The summed E-state index contributed by atoms with van der Waals surface area (Å²) in [6, 6.07) is 8.57. The maximum absolute atomic E-state index is 6.01. The van der Waals surface area contributed by atoms with Crippen LogP contribution < -0.4 is 0 Å². The third-order valence-electron chi connectivity index (χ3n) is 3.44. The predicted molar refractivity (Wildman–Crippen MR) is 73.6 cm³/mol. The summed E-state index contributed by atoms with van der Waals surface area (Å²) in [7, 11) is 0. The van der Waals surface area contributed by atoms with Gasteiger partial charge >= 0.3 is 0 Å². The molecule has 0 radical (unpaired) electrons. The minimum atomic E-state index is -0.232. The molecule has 0 unspecified atom stereocenters. The van der Waals surface area contributed by atoms with Crippen LogP contribution in [0.1, 0.15) is 64.4 Å². The maximum Gasteiger partial charge on any atom is 0.184 e. The lowest BCUT2D eigenvalue weighted by molar-refractivity contribution is -0.273. The summed E-state index contributed by atoms with van der Waals surface area (Å²) in [6.45, 7) is 10.8. The molecule has 18 heavy (non-hydrogen) atoms. The predicted octanol–water partition coefficient (Wildman–Crippen LogP) is 4.41. The van der Waals surface area contributed by atoms with E-state index in [4.69, 9.17) is 9.47 Å². The largest absolute Gasteiger partial charge is 0.345 e. The summed E-state index contributed by atoms with van der Waals surface area (Å²) in [4.78, 5) is 0. The van der Waals surface area contributed by atoms with Crippen molar-refractivity contribution in [3.63, 3.8) is 0 Å². The Hall–Kier alpha value is -0.860. The zero-order valence-corrected chi connectivity index (χ0v) is 12.1. The first-order chi connectivity index (χ1) is 8.37. The Morgan fingerprint density at radius 3 is 2.28 bits per heavy atom. The number of benzene rings is 1. The van der Waals surface area contributed by atoms with Gasteiger partial charge in [-0.3, -0.25) is 0 Å². The molecule has 0 aromatic heterocycles. The minimum absolute atomic E-state index is 0.112. The first-order valence-corrected chi connectivity index (χ1v) is 6.80. The molecule has 0 spiro atoms. The second kappa shape index (κ2) is 5.02. The molecule has 1 saturated heterocycles. The van der Waals surface area contributed by atoms with Crippen molar-refractivity contribution in [2.24, 2.45) is 0 Å². The summed E-state index contributed by atoms with van der Waals surface area (Å²) in [6.07, 6.45) is 0.946. The Kier molecular flexibility index (Phi) is 3.79. The molecule has 2 atom stereocenters. The lowest BCUT2D eigenvalue weighted by atomic mass is 9.98. The molecule has 0 bridgehead atoms. The van der Waals surface area contributed by atoms with E-state index in [9.17, 15) is 0 Å². The number of ether oxygens (including phenoxy) is 2. The van der Waals surface area contributed by atoms with E-state index >= 15 is 0 Å². The lowest BCUT2D eigenvalue weighted by Crippen LogP contribution is -2.38. The molecule has 1 fully saturated rings. The maximum atomic E-state index is 6.01. The molecule has 2 heteroatoms. The van der Waals surface area contributed by atoms with Gasteiger partial charge in [0.05, 0.1) is 11.7 Å². The van der Waals surface area contributed by atoms with Gasteiger partial charge in [-0.25, -0.2) is 0 Å². The summed E-state index contributed by atoms with van der Waals surface area (Å²) >= 11 is 0. The Morgan fingerprint density at radius 1 is 1.17 bits per heavy atom. The van der Waals surface area contributed by atoms with Gasteiger partial charge in [-0.05, 0) is 32.3 Å². The van der Waals surface area contributed by atoms with Crippen LogP contribution in [0.25, 0.3) is 0 Å². The molecule has 1 aromatic carbocycles. The summed E-state index contributed by atoms with van der Waals surface area (Å²) in [5, 5.41) is 0. The zero-order chi connectivity index (χ0) is 13.3. The molecule has 100 valence electrons. The quantitative estimate of drug-likeness (QED) is 0.771. The molecular weight excluding hydrogens is 224 g/mol. The summed E-state index contributed by atoms with van der Waals surface area (Å²) < 4.78 is 11.9. The van der Waals surface area contributed by atoms with Crippen molar-refractivity contribution in [2.75, 3.05) is 0 Å². The van der Waals surface area contributed by atoms with E-state index in [0.29, 0.717) is 5.92 Å². The van der Waals surface area contributed by atoms with E-state index in [-0.39, 0.29) is 18.0 Å². The highest BCUT2D eigenvalue weighted by molar-refractivity contribution is 5.25. The zero-order valence-electron chi connectivity index (χ0n) is 12.1. The summed E-state index contributed by atoms with van der Waals surface area (Å²) in [5.74, 6) is 0.558. The molecule has 1 aliphatic rings. The first-order valence-electron chi connectivity index (χ1n) is 6.80. The monoisotopic (exact) mass is 248 g/mol. The van der Waals surface area contributed by atoms with Crippen LogP contribution in [0.3, 0.4) is 0 Å². The number of hydrogen-bond acceptors (Lipinski definition) is 2. The van der Waals surface area contributed by atoms with Crippen LogP contribution in [-0.4, -0.2) is 11.7 Å². The van der Waals surface area contributed by atoms with Gasteiger partial charge in [0.1, 0.15) is 0 Å². The van der Waals surface area contributed by atoms with Gasteiger partial charge < -0.3 is 9.47 Å². The molecule has 1 aromatic rings. The van der Waals surface area contributed by atoms with Gasteiger partial charge in [-0.1, -0.05) is 38.1 Å². The Labute approximate surface area is 110 Å². The van der Waals surface area contributed by atoms with Crippen LogP contribution in [0, 0.1) is 0 Å². The van der Waals surface area contributed by atoms with E-state index in [2.05, 4.69) is 58.9 Å². The standard InChI is InChI=1S/C16H24O2/c1-11(2)13-6-8-14(9-7-13)15-17-12(3)10-16(4,5)18-15/h6-9,11-12,15H,10H2,1-5H3/t12-,15+/m0/s1. The van der Waals surface area contributed by atoms with Crippen LogP contribution in [0.5, 0.6) is 0 Å². The Balaban J connectivity index is 2.15. The van der Waals surface area contributed by atoms with Gasteiger partial charge in [0, 0.05) is 12.0 Å². The molecule has 0 amide bonds. The molecular formula is C16H24O2. The highest BCUT2D eigenvalue weighted by Crippen LogP contribution is 2.35. The van der Waals surface area contributed by atoms with Crippen molar-refractivity contribution in [1.82, 2.24) is 0 Å². The van der Waals surface area contributed by atoms with Gasteiger partial charge in [-0.15, -0.1) is 0 Å². The molecule has 1 aliphatic heterocycles. The molecule has 2 nitrogen and oxygen atoms in total. The average molecular weight is 248 g/mol. The van der Waals surface area contributed by atoms with Crippen LogP contribution in [-0.2, 0) is 9.47 Å². The minimum Gasteiger partial charge on any atom is -0.345 e. The van der Waals surface area contributed by atoms with E-state index in [1.165, 1.54) is 5.56 Å². The Bertz CT molecular complexity index is 392. The van der Waals surface area contributed by atoms with E-state index in [1.54, 1.807) is 0 Å². The van der Waals surface area contributed by atoms with Crippen molar-refractivity contribution >= 4 is 0 Å². The fraction of sp³-hybridized carbons (Fsp3) is 0.625. The lowest BCUT2D eigenvalue weighted by Gasteiger charge is -2.39. The molecule has 2 rings (SSSR count). The third kappa shape index (κ3) is 3.12. The van der Waals surface area contributed by atoms with Crippen molar-refractivity contribution in [3.8, 4) is 0 Å². The van der Waals surface area contributed by atoms with Gasteiger partial charge in [0.15, 0.2) is 6.29 Å². The highest BCUT2D eigenvalue weighted by Gasteiger charge is 2.34. The molecule has 0 N–H and O–H groups in total. The normalized spacial score (nSPS) is 27.4. The number of rotatable bonds is 2. The van der Waals surface area contributed by atoms with E-state index < -0.39 is 0 Å². The average Bonchev–Trinajstić information content (AvgIpc) is 2.26. The molecule has 1 heterocycles.